The number of nitrogens with zero attached hydrogens (tertiary/aromatic N) is 2. The van der Waals surface area contributed by atoms with Crippen LogP contribution in [0.15, 0.2) is 51.5 Å². The minimum atomic E-state index is -0.285. The Hall–Kier alpha value is -2.21. The molecule has 2 N–H and O–H groups in total. The molecule has 0 saturated carbocycles. The Morgan fingerprint density at radius 2 is 2.00 bits per heavy atom. The van der Waals surface area contributed by atoms with Gasteiger partial charge in [-0.05, 0) is 45.8 Å². The molecule has 0 atom stereocenters. The van der Waals surface area contributed by atoms with E-state index in [0.717, 1.165) is 10.0 Å². The summed E-state index contributed by atoms with van der Waals surface area (Å²) in [4.78, 5) is 4.31. The summed E-state index contributed by atoms with van der Waals surface area (Å²) in [6, 6.07) is 11.8. The summed E-state index contributed by atoms with van der Waals surface area (Å²) < 4.78 is 19.2. The van der Waals surface area contributed by atoms with Gasteiger partial charge in [-0.3, -0.25) is 0 Å². The van der Waals surface area contributed by atoms with Crippen molar-refractivity contribution in [2.24, 2.45) is 0 Å². The molecule has 0 aliphatic heterocycles. The molecule has 2 aromatic carbocycles. The third-order valence-electron chi connectivity index (χ3n) is 3.00. The Morgan fingerprint density at radius 3 is 2.81 bits per heavy atom. The van der Waals surface area contributed by atoms with Crippen LogP contribution in [0.25, 0.3) is 11.5 Å². The fourth-order valence-corrected chi connectivity index (χ4v) is 2.35. The number of halogens is 2. The highest BCUT2D eigenvalue weighted by atomic mass is 79.9. The molecule has 106 valence electrons. The van der Waals surface area contributed by atoms with Gasteiger partial charge in [0.1, 0.15) is 5.82 Å². The van der Waals surface area contributed by atoms with Gasteiger partial charge in [0.15, 0.2) is 5.82 Å². The third kappa shape index (κ3) is 2.95. The van der Waals surface area contributed by atoms with Crippen LogP contribution in [-0.4, -0.2) is 10.1 Å². The van der Waals surface area contributed by atoms with Gasteiger partial charge in [-0.25, -0.2) is 4.39 Å². The number of aromatic nitrogens is 2. The second kappa shape index (κ2) is 5.65. The Bertz CT molecular complexity index is 788. The van der Waals surface area contributed by atoms with E-state index in [1.807, 2.05) is 18.2 Å². The maximum atomic E-state index is 13.2. The van der Waals surface area contributed by atoms with E-state index in [9.17, 15) is 4.39 Å². The number of benzene rings is 2. The molecule has 21 heavy (non-hydrogen) atoms. The van der Waals surface area contributed by atoms with Crippen LogP contribution in [-0.2, 0) is 6.42 Å². The Balaban J connectivity index is 1.88. The summed E-state index contributed by atoms with van der Waals surface area (Å²) in [6.07, 6.45) is 0.398. The SMILES string of the molecule is Nc1c(Br)cccc1-c1nc(Cc2cccc(F)c2)no1. The molecule has 3 aromatic rings. The molecule has 3 rings (SSSR count). The minimum Gasteiger partial charge on any atom is -0.397 e. The normalized spacial score (nSPS) is 10.8. The van der Waals surface area contributed by atoms with Crippen LogP contribution in [0.2, 0.25) is 0 Å². The van der Waals surface area contributed by atoms with E-state index in [1.165, 1.54) is 12.1 Å². The second-order valence-electron chi connectivity index (χ2n) is 4.52. The van der Waals surface area contributed by atoms with Crippen molar-refractivity contribution in [3.05, 3.63) is 64.1 Å². The Morgan fingerprint density at radius 1 is 1.19 bits per heavy atom. The standard InChI is InChI=1S/C15H11BrFN3O/c16-12-6-2-5-11(14(12)18)15-19-13(20-21-15)8-9-3-1-4-10(17)7-9/h1-7H,8,18H2. The zero-order chi connectivity index (χ0) is 14.8. The number of hydrogen-bond donors (Lipinski definition) is 1. The zero-order valence-electron chi connectivity index (χ0n) is 10.9. The average Bonchev–Trinajstić information content (AvgIpc) is 2.90. The number of anilines is 1. The lowest BCUT2D eigenvalue weighted by Gasteiger charge is -2.01. The second-order valence-corrected chi connectivity index (χ2v) is 5.38. The first-order valence-corrected chi connectivity index (χ1v) is 7.04. The molecule has 0 spiro atoms. The molecular weight excluding hydrogens is 337 g/mol. The molecular formula is C15H11BrFN3O. The number of hydrogen-bond acceptors (Lipinski definition) is 4. The van der Waals surface area contributed by atoms with Crippen molar-refractivity contribution in [3.63, 3.8) is 0 Å². The van der Waals surface area contributed by atoms with Crippen molar-refractivity contribution >= 4 is 21.6 Å². The first kappa shape index (κ1) is 13.8. The molecule has 0 aliphatic rings. The predicted octanol–water partition coefficient (Wildman–Crippen LogP) is 3.81. The molecule has 0 unspecified atom stereocenters. The monoisotopic (exact) mass is 347 g/mol. The number of nitrogens with two attached hydrogens (primary N) is 1. The van der Waals surface area contributed by atoms with E-state index in [1.54, 1.807) is 12.1 Å². The maximum absolute atomic E-state index is 13.2. The fourth-order valence-electron chi connectivity index (χ4n) is 1.99. The first-order chi connectivity index (χ1) is 10.1. The van der Waals surface area contributed by atoms with Crippen LogP contribution >= 0.6 is 15.9 Å². The van der Waals surface area contributed by atoms with Crippen molar-refractivity contribution in [3.8, 4) is 11.5 Å². The molecule has 4 nitrogen and oxygen atoms in total. The van der Waals surface area contributed by atoms with Gasteiger partial charge in [0.05, 0.1) is 11.3 Å². The summed E-state index contributed by atoms with van der Waals surface area (Å²) >= 11 is 3.36. The van der Waals surface area contributed by atoms with Gasteiger partial charge in [-0.2, -0.15) is 4.98 Å². The highest BCUT2D eigenvalue weighted by Gasteiger charge is 2.13. The fraction of sp³-hybridized carbons (Fsp3) is 0.0667. The maximum Gasteiger partial charge on any atom is 0.260 e. The van der Waals surface area contributed by atoms with Crippen LogP contribution in [0.4, 0.5) is 10.1 Å². The molecule has 6 heteroatoms. The summed E-state index contributed by atoms with van der Waals surface area (Å²) in [5.41, 5.74) is 7.96. The van der Waals surface area contributed by atoms with Gasteiger partial charge < -0.3 is 10.3 Å². The molecule has 1 heterocycles. The van der Waals surface area contributed by atoms with Crippen LogP contribution in [0, 0.1) is 5.82 Å². The smallest absolute Gasteiger partial charge is 0.260 e. The van der Waals surface area contributed by atoms with Crippen LogP contribution in [0.3, 0.4) is 0 Å². The zero-order valence-corrected chi connectivity index (χ0v) is 12.5. The topological polar surface area (TPSA) is 64.9 Å². The Labute approximate surface area is 128 Å². The molecule has 1 aromatic heterocycles. The van der Waals surface area contributed by atoms with E-state index in [2.05, 4.69) is 26.1 Å². The van der Waals surface area contributed by atoms with Crippen molar-refractivity contribution in [1.29, 1.82) is 0 Å². The third-order valence-corrected chi connectivity index (χ3v) is 3.69. The molecule has 0 radical (unpaired) electrons. The van der Waals surface area contributed by atoms with E-state index in [-0.39, 0.29) is 5.82 Å². The molecule has 0 fully saturated rings. The van der Waals surface area contributed by atoms with Crippen molar-refractivity contribution in [2.75, 3.05) is 5.73 Å². The number of para-hydroxylation sites is 1. The van der Waals surface area contributed by atoms with Gasteiger partial charge in [-0.15, -0.1) is 0 Å². The number of nitrogen functional groups attached to an aromatic ring is 1. The van der Waals surface area contributed by atoms with E-state index >= 15 is 0 Å². The van der Waals surface area contributed by atoms with Gasteiger partial charge in [0, 0.05) is 10.9 Å². The summed E-state index contributed by atoms with van der Waals surface area (Å²) in [6.45, 7) is 0. The van der Waals surface area contributed by atoms with Crippen LogP contribution in [0.5, 0.6) is 0 Å². The van der Waals surface area contributed by atoms with Gasteiger partial charge >= 0.3 is 0 Å². The first-order valence-electron chi connectivity index (χ1n) is 6.25. The quantitative estimate of drug-likeness (QED) is 0.731. The van der Waals surface area contributed by atoms with Crippen molar-refractivity contribution in [1.82, 2.24) is 10.1 Å². The van der Waals surface area contributed by atoms with Crippen LogP contribution < -0.4 is 5.73 Å². The lowest BCUT2D eigenvalue weighted by molar-refractivity contribution is 0.424. The molecule has 0 saturated heterocycles. The highest BCUT2D eigenvalue weighted by molar-refractivity contribution is 9.10. The molecule has 0 bridgehead atoms. The van der Waals surface area contributed by atoms with E-state index in [0.29, 0.717) is 29.4 Å². The predicted molar refractivity (Wildman–Crippen MR) is 81.1 cm³/mol. The molecule has 0 amide bonds. The highest BCUT2D eigenvalue weighted by Crippen LogP contribution is 2.30. The largest absolute Gasteiger partial charge is 0.397 e. The molecule has 0 aliphatic carbocycles. The van der Waals surface area contributed by atoms with Crippen LogP contribution in [0.1, 0.15) is 11.4 Å². The van der Waals surface area contributed by atoms with Gasteiger partial charge in [0.2, 0.25) is 0 Å². The van der Waals surface area contributed by atoms with E-state index in [4.69, 9.17) is 10.3 Å². The van der Waals surface area contributed by atoms with Crippen molar-refractivity contribution < 1.29 is 8.91 Å². The van der Waals surface area contributed by atoms with Gasteiger partial charge in [-0.1, -0.05) is 23.4 Å². The summed E-state index contributed by atoms with van der Waals surface area (Å²) in [5, 5.41) is 3.91. The average molecular weight is 348 g/mol. The van der Waals surface area contributed by atoms with E-state index < -0.39 is 0 Å². The lowest BCUT2D eigenvalue weighted by Crippen LogP contribution is -1.93. The van der Waals surface area contributed by atoms with Gasteiger partial charge in [0.25, 0.3) is 5.89 Å². The van der Waals surface area contributed by atoms with Crippen molar-refractivity contribution in [2.45, 2.75) is 6.42 Å². The Kier molecular flexibility index (Phi) is 3.70. The summed E-state index contributed by atoms with van der Waals surface area (Å²) in [7, 11) is 0. The number of rotatable bonds is 3. The summed E-state index contributed by atoms with van der Waals surface area (Å²) in [5.74, 6) is 0.544. The minimum absolute atomic E-state index is 0.285. The lowest BCUT2D eigenvalue weighted by atomic mass is 10.1.